The third-order valence-corrected chi connectivity index (χ3v) is 6.58. The molecule has 0 unspecified atom stereocenters. The van der Waals surface area contributed by atoms with Crippen molar-refractivity contribution in [2.75, 3.05) is 18.4 Å². The summed E-state index contributed by atoms with van der Waals surface area (Å²) in [6, 6.07) is 8.24. The molecule has 0 bridgehead atoms. The summed E-state index contributed by atoms with van der Waals surface area (Å²) < 4.78 is 53.7. The van der Waals surface area contributed by atoms with E-state index in [2.05, 4.69) is 12.2 Å². The van der Waals surface area contributed by atoms with Gasteiger partial charge in [-0.1, -0.05) is 6.92 Å². The summed E-state index contributed by atoms with van der Waals surface area (Å²) in [5, 5.41) is 2.44. The first-order valence-corrected chi connectivity index (χ1v) is 10.1. The van der Waals surface area contributed by atoms with E-state index < -0.39 is 33.1 Å². The van der Waals surface area contributed by atoms with Crippen molar-refractivity contribution in [1.82, 2.24) is 4.31 Å². The van der Waals surface area contributed by atoms with Crippen molar-refractivity contribution in [3.8, 4) is 0 Å². The van der Waals surface area contributed by atoms with Crippen LogP contribution in [0.3, 0.4) is 0 Å². The Hall–Kier alpha value is -2.32. The SMILES string of the molecule is CC1CCN(S(=O)(=O)c2ccc(NC(=O)c3cc(F)ccc3F)cc2)CC1. The number of carbonyl (C=O) groups excluding carboxylic acids is 1. The molecule has 0 aliphatic carbocycles. The fraction of sp³-hybridized carbons (Fsp3) is 0.316. The van der Waals surface area contributed by atoms with Gasteiger partial charge in [-0.25, -0.2) is 17.2 Å². The number of rotatable bonds is 4. The molecule has 1 aliphatic heterocycles. The average Bonchev–Trinajstić information content (AvgIpc) is 2.64. The molecule has 144 valence electrons. The summed E-state index contributed by atoms with van der Waals surface area (Å²) in [4.78, 5) is 12.2. The second-order valence-corrected chi connectivity index (χ2v) is 8.63. The molecular weight excluding hydrogens is 374 g/mol. The Balaban J connectivity index is 1.73. The lowest BCUT2D eigenvalue weighted by molar-refractivity contribution is 0.102. The third-order valence-electron chi connectivity index (χ3n) is 4.67. The summed E-state index contributed by atoms with van der Waals surface area (Å²) >= 11 is 0. The normalized spacial score (nSPS) is 16.3. The second-order valence-electron chi connectivity index (χ2n) is 6.69. The maximum Gasteiger partial charge on any atom is 0.258 e. The lowest BCUT2D eigenvalue weighted by Crippen LogP contribution is -2.37. The topological polar surface area (TPSA) is 66.5 Å². The molecule has 5 nitrogen and oxygen atoms in total. The molecule has 27 heavy (non-hydrogen) atoms. The smallest absolute Gasteiger partial charge is 0.258 e. The molecule has 0 radical (unpaired) electrons. The first-order valence-electron chi connectivity index (χ1n) is 8.64. The van der Waals surface area contributed by atoms with Gasteiger partial charge < -0.3 is 5.32 Å². The molecule has 0 atom stereocenters. The van der Waals surface area contributed by atoms with Crippen LogP contribution in [0.4, 0.5) is 14.5 Å². The number of benzene rings is 2. The zero-order valence-corrected chi connectivity index (χ0v) is 15.6. The maximum absolute atomic E-state index is 13.7. The number of piperidine rings is 1. The molecule has 1 fully saturated rings. The van der Waals surface area contributed by atoms with E-state index >= 15 is 0 Å². The van der Waals surface area contributed by atoms with Gasteiger partial charge in [0, 0.05) is 18.8 Å². The van der Waals surface area contributed by atoms with Crippen LogP contribution in [0.15, 0.2) is 47.4 Å². The van der Waals surface area contributed by atoms with Crippen LogP contribution in [0.25, 0.3) is 0 Å². The van der Waals surface area contributed by atoms with Gasteiger partial charge in [-0.3, -0.25) is 4.79 Å². The van der Waals surface area contributed by atoms with E-state index in [9.17, 15) is 22.0 Å². The average molecular weight is 394 g/mol. The lowest BCUT2D eigenvalue weighted by atomic mass is 10.0. The molecule has 2 aromatic rings. The van der Waals surface area contributed by atoms with Crippen LogP contribution in [0, 0.1) is 17.6 Å². The van der Waals surface area contributed by atoms with Crippen molar-refractivity contribution in [3.05, 3.63) is 59.7 Å². The van der Waals surface area contributed by atoms with Crippen LogP contribution in [-0.2, 0) is 10.0 Å². The van der Waals surface area contributed by atoms with Crippen molar-refractivity contribution < 1.29 is 22.0 Å². The summed E-state index contributed by atoms with van der Waals surface area (Å²) in [5.74, 6) is -1.86. The van der Waals surface area contributed by atoms with Gasteiger partial charge in [0.2, 0.25) is 10.0 Å². The number of amides is 1. The highest BCUT2D eigenvalue weighted by Gasteiger charge is 2.28. The Morgan fingerprint density at radius 2 is 1.70 bits per heavy atom. The van der Waals surface area contributed by atoms with E-state index in [1.54, 1.807) is 0 Å². The minimum absolute atomic E-state index is 0.131. The Kier molecular flexibility index (Phi) is 5.57. The second kappa shape index (κ2) is 7.74. The van der Waals surface area contributed by atoms with Gasteiger partial charge in [0.05, 0.1) is 10.5 Å². The summed E-state index contributed by atoms with van der Waals surface area (Å²) in [6.07, 6.45) is 1.65. The molecule has 0 saturated carbocycles. The van der Waals surface area contributed by atoms with Gasteiger partial charge in [0.1, 0.15) is 11.6 Å². The third kappa shape index (κ3) is 4.33. The summed E-state index contributed by atoms with van der Waals surface area (Å²) in [6.45, 7) is 3.07. The van der Waals surface area contributed by atoms with Crippen molar-refractivity contribution in [2.45, 2.75) is 24.7 Å². The van der Waals surface area contributed by atoms with Crippen molar-refractivity contribution in [3.63, 3.8) is 0 Å². The van der Waals surface area contributed by atoms with Crippen LogP contribution in [0.5, 0.6) is 0 Å². The van der Waals surface area contributed by atoms with Crippen LogP contribution >= 0.6 is 0 Å². The van der Waals surface area contributed by atoms with Gasteiger partial charge in [0.25, 0.3) is 5.91 Å². The summed E-state index contributed by atoms with van der Waals surface area (Å²) in [7, 11) is -3.58. The van der Waals surface area contributed by atoms with E-state index in [0.717, 1.165) is 31.0 Å². The number of hydrogen-bond donors (Lipinski definition) is 1. The predicted octanol–water partition coefficient (Wildman–Crippen LogP) is 3.64. The molecule has 8 heteroatoms. The number of nitrogens with zero attached hydrogens (tertiary/aromatic N) is 1. The number of carbonyl (C=O) groups is 1. The van der Waals surface area contributed by atoms with Gasteiger partial charge in [-0.2, -0.15) is 4.31 Å². The number of halogens is 2. The number of nitrogens with one attached hydrogen (secondary N) is 1. The largest absolute Gasteiger partial charge is 0.322 e. The van der Waals surface area contributed by atoms with Crippen LogP contribution in [0.2, 0.25) is 0 Å². The Bertz CT molecular complexity index is 938. The predicted molar refractivity (Wildman–Crippen MR) is 97.9 cm³/mol. The zero-order chi connectivity index (χ0) is 19.6. The van der Waals surface area contributed by atoms with Crippen LogP contribution in [0.1, 0.15) is 30.1 Å². The number of hydrogen-bond acceptors (Lipinski definition) is 3. The quantitative estimate of drug-likeness (QED) is 0.861. The molecule has 0 spiro atoms. The molecule has 2 aromatic carbocycles. The van der Waals surface area contributed by atoms with Gasteiger partial charge >= 0.3 is 0 Å². The Labute approximate surface area is 157 Å². The fourth-order valence-corrected chi connectivity index (χ4v) is 4.42. The Morgan fingerprint density at radius 3 is 2.33 bits per heavy atom. The molecule has 1 heterocycles. The standard InChI is InChI=1S/C19H20F2N2O3S/c1-13-8-10-23(11-9-13)27(25,26)16-5-3-15(4-6-16)22-19(24)17-12-14(20)2-7-18(17)21/h2-7,12-13H,8-11H2,1H3,(H,22,24). The molecule has 1 aliphatic rings. The highest BCUT2D eigenvalue weighted by molar-refractivity contribution is 7.89. The van der Waals surface area contributed by atoms with Gasteiger partial charge in [0.15, 0.2) is 0 Å². The van der Waals surface area contributed by atoms with Crippen LogP contribution < -0.4 is 5.32 Å². The molecule has 1 saturated heterocycles. The molecule has 1 N–H and O–H groups in total. The highest BCUT2D eigenvalue weighted by atomic mass is 32.2. The number of anilines is 1. The van der Waals surface area contributed by atoms with E-state index in [1.165, 1.54) is 28.6 Å². The minimum atomic E-state index is -3.58. The lowest BCUT2D eigenvalue weighted by Gasteiger charge is -2.29. The van der Waals surface area contributed by atoms with E-state index in [1.807, 2.05) is 0 Å². The molecule has 0 aromatic heterocycles. The molecule has 3 rings (SSSR count). The molecular formula is C19H20F2N2O3S. The minimum Gasteiger partial charge on any atom is -0.322 e. The van der Waals surface area contributed by atoms with E-state index in [4.69, 9.17) is 0 Å². The van der Waals surface area contributed by atoms with Crippen molar-refractivity contribution in [1.29, 1.82) is 0 Å². The monoisotopic (exact) mass is 394 g/mol. The number of sulfonamides is 1. The Morgan fingerprint density at radius 1 is 1.07 bits per heavy atom. The van der Waals surface area contributed by atoms with Crippen molar-refractivity contribution in [2.24, 2.45) is 5.92 Å². The van der Waals surface area contributed by atoms with E-state index in [-0.39, 0.29) is 10.6 Å². The summed E-state index contributed by atoms with van der Waals surface area (Å²) in [5.41, 5.74) is -0.135. The van der Waals surface area contributed by atoms with Crippen LogP contribution in [-0.4, -0.2) is 31.7 Å². The highest BCUT2D eigenvalue weighted by Crippen LogP contribution is 2.24. The first-order chi connectivity index (χ1) is 12.8. The molecule has 1 amide bonds. The van der Waals surface area contributed by atoms with Gasteiger partial charge in [-0.15, -0.1) is 0 Å². The zero-order valence-electron chi connectivity index (χ0n) is 14.8. The van der Waals surface area contributed by atoms with Gasteiger partial charge in [-0.05, 0) is 61.2 Å². The van der Waals surface area contributed by atoms with E-state index in [0.29, 0.717) is 19.0 Å². The first kappa shape index (κ1) is 19.4. The maximum atomic E-state index is 13.7. The van der Waals surface area contributed by atoms with Crippen molar-refractivity contribution >= 4 is 21.6 Å². The fourth-order valence-electron chi connectivity index (χ4n) is 2.95.